The van der Waals surface area contributed by atoms with Gasteiger partial charge in [-0.15, -0.1) is 0 Å². The summed E-state index contributed by atoms with van der Waals surface area (Å²) >= 11 is 0. The fourth-order valence-electron chi connectivity index (χ4n) is 2.45. The molecule has 6 heteroatoms. The van der Waals surface area contributed by atoms with Crippen LogP contribution < -0.4 is 14.8 Å². The molecule has 1 saturated heterocycles. The van der Waals surface area contributed by atoms with Gasteiger partial charge in [0.05, 0.1) is 25.1 Å². The highest BCUT2D eigenvalue weighted by molar-refractivity contribution is 6.04. The molecule has 1 atom stereocenters. The highest BCUT2D eigenvalue weighted by Gasteiger charge is 2.16. The number of methoxy groups -OCH3 is 1. The Morgan fingerprint density at radius 2 is 2.12 bits per heavy atom. The Bertz CT molecular complexity index is 664. The van der Waals surface area contributed by atoms with Gasteiger partial charge in [0.1, 0.15) is 12.4 Å². The third-order valence-corrected chi connectivity index (χ3v) is 3.78. The van der Waals surface area contributed by atoms with Crippen LogP contribution >= 0.6 is 0 Å². The van der Waals surface area contributed by atoms with Gasteiger partial charge in [0, 0.05) is 18.2 Å². The maximum absolute atomic E-state index is 12.2. The number of hydrogen-bond acceptors (Lipinski definition) is 5. The molecular weight excluding hydrogens is 308 g/mol. The van der Waals surface area contributed by atoms with Gasteiger partial charge in [0.15, 0.2) is 0 Å². The Labute approximate surface area is 140 Å². The second-order valence-electron chi connectivity index (χ2n) is 5.51. The lowest BCUT2D eigenvalue weighted by molar-refractivity contribution is 0.0679. The average molecular weight is 328 g/mol. The van der Waals surface area contributed by atoms with Crippen molar-refractivity contribution < 1.29 is 19.0 Å². The third kappa shape index (κ3) is 4.23. The van der Waals surface area contributed by atoms with E-state index in [-0.39, 0.29) is 12.0 Å². The van der Waals surface area contributed by atoms with E-state index in [0.717, 1.165) is 25.2 Å². The van der Waals surface area contributed by atoms with E-state index in [0.29, 0.717) is 23.7 Å². The zero-order valence-electron chi connectivity index (χ0n) is 13.5. The van der Waals surface area contributed by atoms with Crippen LogP contribution in [-0.4, -0.2) is 37.3 Å². The predicted octanol–water partition coefficient (Wildman–Crippen LogP) is 2.90. The first-order chi connectivity index (χ1) is 11.7. The van der Waals surface area contributed by atoms with E-state index in [9.17, 15) is 4.79 Å². The summed E-state index contributed by atoms with van der Waals surface area (Å²) in [5, 5.41) is 2.79. The van der Waals surface area contributed by atoms with Crippen LogP contribution in [0.3, 0.4) is 0 Å². The maximum atomic E-state index is 12.2. The number of nitrogens with zero attached hydrogens (tertiary/aromatic N) is 1. The first-order valence-corrected chi connectivity index (χ1v) is 7.90. The quantitative estimate of drug-likeness (QED) is 0.883. The lowest BCUT2D eigenvalue weighted by Crippen LogP contribution is -2.16. The van der Waals surface area contributed by atoms with Crippen LogP contribution in [0.4, 0.5) is 5.69 Å². The molecule has 0 radical (unpaired) electrons. The summed E-state index contributed by atoms with van der Waals surface area (Å²) in [6.45, 7) is 1.36. The molecule has 1 aliphatic heterocycles. The molecule has 0 aliphatic carbocycles. The standard InChI is InChI=1S/C18H20N2O4/c1-22-17-9-6-14(11-19-17)20-18(21)13-4-7-15(8-5-13)24-12-16-3-2-10-23-16/h4-9,11,16H,2-3,10,12H2,1H3,(H,20,21)/t16-/m1/s1. The summed E-state index contributed by atoms with van der Waals surface area (Å²) in [4.78, 5) is 16.3. The van der Waals surface area contributed by atoms with E-state index < -0.39 is 0 Å². The highest BCUT2D eigenvalue weighted by atomic mass is 16.5. The number of nitrogens with one attached hydrogen (secondary N) is 1. The first kappa shape index (κ1) is 16.3. The number of carbonyl (C=O) groups is 1. The van der Waals surface area contributed by atoms with Crippen LogP contribution in [0.25, 0.3) is 0 Å². The van der Waals surface area contributed by atoms with E-state index in [1.807, 2.05) is 0 Å². The number of ether oxygens (including phenoxy) is 3. The van der Waals surface area contributed by atoms with Crippen molar-refractivity contribution in [3.05, 3.63) is 48.2 Å². The van der Waals surface area contributed by atoms with E-state index in [1.165, 1.54) is 0 Å². The molecule has 24 heavy (non-hydrogen) atoms. The Morgan fingerprint density at radius 3 is 2.75 bits per heavy atom. The van der Waals surface area contributed by atoms with Crippen molar-refractivity contribution in [2.24, 2.45) is 0 Å². The SMILES string of the molecule is COc1ccc(NC(=O)c2ccc(OC[C@H]3CCCO3)cc2)cn1. The van der Waals surface area contributed by atoms with Crippen LogP contribution in [0.15, 0.2) is 42.6 Å². The number of hydrogen-bond donors (Lipinski definition) is 1. The predicted molar refractivity (Wildman–Crippen MR) is 89.7 cm³/mol. The normalized spacial score (nSPS) is 16.6. The van der Waals surface area contributed by atoms with Gasteiger partial charge in [-0.1, -0.05) is 0 Å². The average Bonchev–Trinajstić information content (AvgIpc) is 3.14. The van der Waals surface area contributed by atoms with Crippen molar-refractivity contribution in [1.82, 2.24) is 4.98 Å². The van der Waals surface area contributed by atoms with Gasteiger partial charge in [-0.3, -0.25) is 4.79 Å². The fraction of sp³-hybridized carbons (Fsp3) is 0.333. The van der Waals surface area contributed by atoms with E-state index in [1.54, 1.807) is 49.7 Å². The van der Waals surface area contributed by atoms with E-state index >= 15 is 0 Å². The molecule has 2 heterocycles. The van der Waals surface area contributed by atoms with Crippen LogP contribution in [0.2, 0.25) is 0 Å². The van der Waals surface area contributed by atoms with Gasteiger partial charge in [-0.05, 0) is 43.2 Å². The summed E-state index contributed by atoms with van der Waals surface area (Å²) in [6, 6.07) is 10.5. The van der Waals surface area contributed by atoms with Gasteiger partial charge >= 0.3 is 0 Å². The lowest BCUT2D eigenvalue weighted by atomic mass is 10.2. The van der Waals surface area contributed by atoms with Crippen molar-refractivity contribution in [3.8, 4) is 11.6 Å². The van der Waals surface area contributed by atoms with Gasteiger partial charge in [0.2, 0.25) is 5.88 Å². The first-order valence-electron chi connectivity index (χ1n) is 7.90. The molecule has 1 N–H and O–H groups in total. The number of pyridine rings is 1. The largest absolute Gasteiger partial charge is 0.491 e. The Kier molecular flexibility index (Phi) is 5.28. The minimum atomic E-state index is -0.201. The molecule has 0 saturated carbocycles. The molecular formula is C18H20N2O4. The number of carbonyl (C=O) groups excluding carboxylic acids is 1. The molecule has 6 nitrogen and oxygen atoms in total. The summed E-state index contributed by atoms with van der Waals surface area (Å²) in [5.41, 5.74) is 1.16. The number of amides is 1. The van der Waals surface area contributed by atoms with E-state index in [4.69, 9.17) is 14.2 Å². The van der Waals surface area contributed by atoms with E-state index in [2.05, 4.69) is 10.3 Å². The minimum Gasteiger partial charge on any atom is -0.491 e. The van der Waals surface area contributed by atoms with Crippen molar-refractivity contribution >= 4 is 11.6 Å². The molecule has 1 aromatic heterocycles. The smallest absolute Gasteiger partial charge is 0.255 e. The van der Waals surface area contributed by atoms with Crippen LogP contribution in [0, 0.1) is 0 Å². The molecule has 2 aromatic rings. The molecule has 1 amide bonds. The number of aromatic nitrogens is 1. The van der Waals surface area contributed by atoms with Crippen LogP contribution in [-0.2, 0) is 4.74 Å². The summed E-state index contributed by atoms with van der Waals surface area (Å²) < 4.78 is 16.2. The topological polar surface area (TPSA) is 69.7 Å². The van der Waals surface area contributed by atoms with Crippen molar-refractivity contribution in [2.45, 2.75) is 18.9 Å². The van der Waals surface area contributed by atoms with Crippen LogP contribution in [0.5, 0.6) is 11.6 Å². The van der Waals surface area contributed by atoms with Crippen molar-refractivity contribution in [2.75, 3.05) is 25.6 Å². The molecule has 0 unspecified atom stereocenters. The third-order valence-electron chi connectivity index (χ3n) is 3.78. The van der Waals surface area contributed by atoms with Gasteiger partial charge < -0.3 is 19.5 Å². The summed E-state index contributed by atoms with van der Waals surface area (Å²) in [6.07, 6.45) is 3.86. The maximum Gasteiger partial charge on any atom is 0.255 e. The molecule has 0 spiro atoms. The highest BCUT2D eigenvalue weighted by Crippen LogP contribution is 2.18. The number of anilines is 1. The van der Waals surface area contributed by atoms with Gasteiger partial charge in [-0.2, -0.15) is 0 Å². The number of benzene rings is 1. The molecule has 1 fully saturated rings. The van der Waals surface area contributed by atoms with Gasteiger partial charge in [-0.25, -0.2) is 4.98 Å². The summed E-state index contributed by atoms with van der Waals surface area (Å²) in [7, 11) is 1.54. The van der Waals surface area contributed by atoms with Crippen molar-refractivity contribution in [1.29, 1.82) is 0 Å². The van der Waals surface area contributed by atoms with Crippen LogP contribution in [0.1, 0.15) is 23.2 Å². The minimum absolute atomic E-state index is 0.176. The summed E-state index contributed by atoms with van der Waals surface area (Å²) in [5.74, 6) is 1.03. The molecule has 126 valence electrons. The molecule has 1 aromatic carbocycles. The zero-order chi connectivity index (χ0) is 16.8. The lowest BCUT2D eigenvalue weighted by Gasteiger charge is -2.11. The Morgan fingerprint density at radius 1 is 1.29 bits per heavy atom. The Hall–Kier alpha value is -2.60. The number of rotatable bonds is 6. The molecule has 0 bridgehead atoms. The molecule has 1 aliphatic rings. The van der Waals surface area contributed by atoms with Gasteiger partial charge in [0.25, 0.3) is 5.91 Å². The fourth-order valence-corrected chi connectivity index (χ4v) is 2.45. The zero-order valence-corrected chi connectivity index (χ0v) is 13.5. The van der Waals surface area contributed by atoms with Crippen molar-refractivity contribution in [3.63, 3.8) is 0 Å². The second kappa shape index (κ2) is 7.79. The monoisotopic (exact) mass is 328 g/mol. The Balaban J connectivity index is 1.54. The molecule has 3 rings (SSSR count). The second-order valence-corrected chi connectivity index (χ2v) is 5.51.